The molecule has 0 aromatic carbocycles. The van der Waals surface area contributed by atoms with Crippen LogP contribution in [0.15, 0.2) is 6.20 Å². The zero-order chi connectivity index (χ0) is 12.6. The summed E-state index contributed by atoms with van der Waals surface area (Å²) in [7, 11) is 2.03. The first-order valence-corrected chi connectivity index (χ1v) is 6.64. The molecule has 2 atom stereocenters. The fourth-order valence-corrected chi connectivity index (χ4v) is 2.84. The molecule has 1 fully saturated rings. The summed E-state index contributed by atoms with van der Waals surface area (Å²) in [6.07, 6.45) is 3.46. The van der Waals surface area contributed by atoms with Crippen molar-refractivity contribution in [3.63, 3.8) is 0 Å². The second-order valence-corrected chi connectivity index (χ2v) is 6.43. The van der Waals surface area contributed by atoms with Gasteiger partial charge in [0.25, 0.3) is 0 Å². The summed E-state index contributed by atoms with van der Waals surface area (Å²) in [5.74, 6) is 1.37. The molecule has 0 bridgehead atoms. The van der Waals surface area contributed by atoms with Crippen molar-refractivity contribution in [1.29, 1.82) is 0 Å². The van der Waals surface area contributed by atoms with Crippen LogP contribution in [0.1, 0.15) is 51.3 Å². The summed E-state index contributed by atoms with van der Waals surface area (Å²) in [6.45, 7) is 11.4. The summed E-state index contributed by atoms with van der Waals surface area (Å²) >= 11 is 0. The Hall–Kier alpha value is -0.830. The van der Waals surface area contributed by atoms with Crippen LogP contribution in [0.2, 0.25) is 0 Å². The summed E-state index contributed by atoms with van der Waals surface area (Å²) < 4.78 is 1.98. The number of nitrogens with zero attached hydrogens (tertiary/aromatic N) is 2. The second kappa shape index (κ2) is 4.45. The smallest absolute Gasteiger partial charge is 0.0712 e. The molecule has 2 unspecified atom stereocenters. The monoisotopic (exact) mass is 235 g/mol. The van der Waals surface area contributed by atoms with E-state index >= 15 is 0 Å². The topological polar surface area (TPSA) is 29.9 Å². The molecule has 1 aromatic rings. The summed E-state index contributed by atoms with van der Waals surface area (Å²) in [6, 6.07) is 0. The number of hydrogen-bond donors (Lipinski definition) is 1. The molecule has 0 amide bonds. The first-order valence-electron chi connectivity index (χ1n) is 6.64. The van der Waals surface area contributed by atoms with E-state index in [4.69, 9.17) is 0 Å². The zero-order valence-electron chi connectivity index (χ0n) is 11.7. The van der Waals surface area contributed by atoms with E-state index in [2.05, 4.69) is 44.3 Å². The second-order valence-electron chi connectivity index (χ2n) is 6.43. The van der Waals surface area contributed by atoms with E-state index in [0.29, 0.717) is 11.8 Å². The predicted molar refractivity (Wildman–Crippen MR) is 71.3 cm³/mol. The maximum Gasteiger partial charge on any atom is 0.0712 e. The van der Waals surface area contributed by atoms with Gasteiger partial charge in [0.2, 0.25) is 0 Å². The van der Waals surface area contributed by atoms with E-state index in [1.54, 1.807) is 0 Å². The minimum atomic E-state index is 0.140. The van der Waals surface area contributed by atoms with Crippen molar-refractivity contribution in [2.75, 3.05) is 13.1 Å². The van der Waals surface area contributed by atoms with Crippen molar-refractivity contribution in [2.24, 2.45) is 13.0 Å². The van der Waals surface area contributed by atoms with Crippen LogP contribution in [-0.2, 0) is 12.5 Å². The van der Waals surface area contributed by atoms with Gasteiger partial charge in [0, 0.05) is 18.7 Å². The Morgan fingerprint density at radius 3 is 2.71 bits per heavy atom. The highest BCUT2D eigenvalue weighted by Crippen LogP contribution is 2.36. The van der Waals surface area contributed by atoms with Crippen molar-refractivity contribution in [3.8, 4) is 0 Å². The SMILES string of the molecule is CC1CNCCC1c1cn(C)nc1C(C)(C)C. The van der Waals surface area contributed by atoms with Crippen LogP contribution in [-0.4, -0.2) is 22.9 Å². The lowest BCUT2D eigenvalue weighted by Gasteiger charge is -2.31. The summed E-state index contributed by atoms with van der Waals surface area (Å²) in [4.78, 5) is 0. The van der Waals surface area contributed by atoms with Gasteiger partial charge in [-0.3, -0.25) is 4.68 Å². The molecule has 1 saturated heterocycles. The molecule has 1 N–H and O–H groups in total. The first kappa shape index (κ1) is 12.6. The Morgan fingerprint density at radius 1 is 1.41 bits per heavy atom. The minimum Gasteiger partial charge on any atom is -0.316 e. The maximum atomic E-state index is 4.69. The highest BCUT2D eigenvalue weighted by Gasteiger charge is 2.30. The highest BCUT2D eigenvalue weighted by molar-refractivity contribution is 5.29. The number of piperidine rings is 1. The molecule has 96 valence electrons. The maximum absolute atomic E-state index is 4.69. The van der Waals surface area contributed by atoms with E-state index in [-0.39, 0.29) is 5.41 Å². The molecule has 0 aliphatic carbocycles. The first-order chi connectivity index (χ1) is 7.89. The van der Waals surface area contributed by atoms with Crippen molar-refractivity contribution in [2.45, 2.75) is 45.4 Å². The molecule has 3 nitrogen and oxygen atoms in total. The van der Waals surface area contributed by atoms with E-state index < -0.39 is 0 Å². The zero-order valence-corrected chi connectivity index (χ0v) is 11.7. The third-order valence-corrected chi connectivity index (χ3v) is 3.75. The number of hydrogen-bond acceptors (Lipinski definition) is 2. The normalized spacial score (nSPS) is 26.2. The van der Waals surface area contributed by atoms with Gasteiger partial charge in [-0.2, -0.15) is 5.10 Å². The molecule has 0 radical (unpaired) electrons. The lowest BCUT2D eigenvalue weighted by atomic mass is 9.78. The Bertz CT molecular complexity index is 387. The number of aryl methyl sites for hydroxylation is 1. The molecule has 0 saturated carbocycles. The third-order valence-electron chi connectivity index (χ3n) is 3.75. The van der Waals surface area contributed by atoms with Crippen LogP contribution in [0.5, 0.6) is 0 Å². The van der Waals surface area contributed by atoms with Crippen molar-refractivity contribution < 1.29 is 0 Å². The molecule has 2 heterocycles. The predicted octanol–water partition coefficient (Wildman–Crippen LogP) is 2.43. The van der Waals surface area contributed by atoms with Crippen molar-refractivity contribution in [1.82, 2.24) is 15.1 Å². The lowest BCUT2D eigenvalue weighted by Crippen LogP contribution is -2.34. The van der Waals surface area contributed by atoms with Gasteiger partial charge < -0.3 is 5.32 Å². The van der Waals surface area contributed by atoms with Crippen LogP contribution in [0, 0.1) is 5.92 Å². The molecule has 3 heteroatoms. The molecular weight excluding hydrogens is 210 g/mol. The third kappa shape index (κ3) is 2.54. The Labute approximate surface area is 105 Å². The van der Waals surface area contributed by atoms with Gasteiger partial charge >= 0.3 is 0 Å². The Kier molecular flexibility index (Phi) is 3.30. The Balaban J connectivity index is 2.37. The fraction of sp³-hybridized carbons (Fsp3) is 0.786. The lowest BCUT2D eigenvalue weighted by molar-refractivity contribution is 0.345. The molecular formula is C14H25N3. The van der Waals surface area contributed by atoms with Crippen molar-refractivity contribution in [3.05, 3.63) is 17.5 Å². The van der Waals surface area contributed by atoms with Crippen LogP contribution < -0.4 is 5.32 Å². The van der Waals surface area contributed by atoms with Gasteiger partial charge in [-0.1, -0.05) is 27.7 Å². The van der Waals surface area contributed by atoms with Crippen LogP contribution in [0.25, 0.3) is 0 Å². The standard InChI is InChI=1S/C14H25N3/c1-10-8-15-7-6-11(10)12-9-17(5)16-13(12)14(2,3)4/h9-11,15H,6-8H2,1-5H3. The van der Waals surface area contributed by atoms with Crippen LogP contribution in [0.3, 0.4) is 0 Å². The summed E-state index contributed by atoms with van der Waals surface area (Å²) in [5.41, 5.74) is 2.88. The summed E-state index contributed by atoms with van der Waals surface area (Å²) in [5, 5.41) is 8.16. The van der Waals surface area contributed by atoms with E-state index in [9.17, 15) is 0 Å². The van der Waals surface area contributed by atoms with E-state index in [1.807, 2.05) is 11.7 Å². The van der Waals surface area contributed by atoms with Gasteiger partial charge in [0.15, 0.2) is 0 Å². The molecule has 1 aliphatic rings. The van der Waals surface area contributed by atoms with Gasteiger partial charge in [-0.15, -0.1) is 0 Å². The number of nitrogens with one attached hydrogen (secondary N) is 1. The molecule has 1 aliphatic heterocycles. The van der Waals surface area contributed by atoms with Gasteiger partial charge in [0.05, 0.1) is 5.69 Å². The van der Waals surface area contributed by atoms with E-state index in [1.165, 1.54) is 17.7 Å². The average molecular weight is 235 g/mol. The largest absolute Gasteiger partial charge is 0.316 e. The molecule has 17 heavy (non-hydrogen) atoms. The minimum absolute atomic E-state index is 0.140. The van der Waals surface area contributed by atoms with Crippen LogP contribution in [0.4, 0.5) is 0 Å². The quantitative estimate of drug-likeness (QED) is 0.810. The van der Waals surface area contributed by atoms with Gasteiger partial charge in [0.1, 0.15) is 0 Å². The molecule has 0 spiro atoms. The highest BCUT2D eigenvalue weighted by atomic mass is 15.3. The number of rotatable bonds is 1. The van der Waals surface area contributed by atoms with Crippen molar-refractivity contribution >= 4 is 0 Å². The van der Waals surface area contributed by atoms with Gasteiger partial charge in [-0.25, -0.2) is 0 Å². The molecule has 1 aromatic heterocycles. The van der Waals surface area contributed by atoms with Crippen LogP contribution >= 0.6 is 0 Å². The average Bonchev–Trinajstić information content (AvgIpc) is 2.60. The van der Waals surface area contributed by atoms with Gasteiger partial charge in [-0.05, 0) is 36.9 Å². The Morgan fingerprint density at radius 2 is 2.12 bits per heavy atom. The van der Waals surface area contributed by atoms with E-state index in [0.717, 1.165) is 13.1 Å². The molecule has 2 rings (SSSR count). The number of aromatic nitrogens is 2. The fourth-order valence-electron chi connectivity index (χ4n) is 2.84.